The second-order valence-corrected chi connectivity index (χ2v) is 9.29. The maximum Gasteiger partial charge on any atom is 0.114 e. The fourth-order valence-corrected chi connectivity index (χ4v) is 5.73. The summed E-state index contributed by atoms with van der Waals surface area (Å²) in [5, 5.41) is 6.78. The van der Waals surface area contributed by atoms with E-state index in [-0.39, 0.29) is 0 Å². The lowest BCUT2D eigenvalue weighted by atomic mass is 9.71. The SMILES string of the molecule is CNc1ccc(N2CCC(CN3CCC4(CCNCC4)CC3)C2)c2nccnc12. The Morgan fingerprint density at radius 2 is 1.79 bits per heavy atom. The smallest absolute Gasteiger partial charge is 0.114 e. The van der Waals surface area contributed by atoms with Crippen LogP contribution >= 0.6 is 0 Å². The standard InChI is InChI=1S/C23H34N6/c1-24-19-2-3-20(22-21(19)26-11-12-27-22)29-13-4-18(17-29)16-28-14-7-23(8-15-28)5-9-25-10-6-23/h2-3,11-12,18,24-25H,4-10,13-17H2,1H3. The van der Waals surface area contributed by atoms with E-state index in [1.807, 2.05) is 13.2 Å². The first kappa shape index (κ1) is 19.1. The van der Waals surface area contributed by atoms with Crippen molar-refractivity contribution in [2.45, 2.75) is 32.1 Å². The zero-order valence-corrected chi connectivity index (χ0v) is 17.7. The third kappa shape index (κ3) is 3.80. The first-order chi connectivity index (χ1) is 14.3. The number of piperidine rings is 2. The minimum atomic E-state index is 0.649. The molecule has 0 amide bonds. The van der Waals surface area contributed by atoms with Crippen LogP contribution in [0.3, 0.4) is 0 Å². The van der Waals surface area contributed by atoms with Gasteiger partial charge in [0, 0.05) is 39.1 Å². The number of rotatable bonds is 4. The molecular weight excluding hydrogens is 360 g/mol. The van der Waals surface area contributed by atoms with Gasteiger partial charge in [-0.15, -0.1) is 0 Å². The van der Waals surface area contributed by atoms with E-state index in [2.05, 4.69) is 42.5 Å². The van der Waals surface area contributed by atoms with Crippen molar-refractivity contribution >= 4 is 22.4 Å². The van der Waals surface area contributed by atoms with Gasteiger partial charge in [-0.2, -0.15) is 0 Å². The Morgan fingerprint density at radius 3 is 2.55 bits per heavy atom. The van der Waals surface area contributed by atoms with E-state index in [0.717, 1.165) is 35.7 Å². The summed E-state index contributed by atoms with van der Waals surface area (Å²) >= 11 is 0. The minimum Gasteiger partial charge on any atom is -0.386 e. The van der Waals surface area contributed by atoms with Gasteiger partial charge in [-0.3, -0.25) is 9.97 Å². The number of aromatic nitrogens is 2. The molecule has 3 aliphatic rings. The van der Waals surface area contributed by atoms with Gasteiger partial charge in [0.2, 0.25) is 0 Å². The third-order valence-electron chi connectivity index (χ3n) is 7.60. The molecule has 3 saturated heterocycles. The van der Waals surface area contributed by atoms with Crippen molar-refractivity contribution in [3.8, 4) is 0 Å². The van der Waals surface area contributed by atoms with Crippen LogP contribution in [0.4, 0.5) is 11.4 Å². The van der Waals surface area contributed by atoms with E-state index in [1.165, 1.54) is 70.5 Å². The van der Waals surface area contributed by atoms with E-state index >= 15 is 0 Å². The van der Waals surface area contributed by atoms with Crippen LogP contribution in [0.1, 0.15) is 32.1 Å². The highest BCUT2D eigenvalue weighted by Gasteiger charge is 2.36. The summed E-state index contributed by atoms with van der Waals surface area (Å²) in [5.41, 5.74) is 4.93. The number of fused-ring (bicyclic) bond motifs is 1. The molecule has 2 N–H and O–H groups in total. The minimum absolute atomic E-state index is 0.649. The number of nitrogens with one attached hydrogen (secondary N) is 2. The van der Waals surface area contributed by atoms with Crippen molar-refractivity contribution in [1.82, 2.24) is 20.2 Å². The van der Waals surface area contributed by atoms with Gasteiger partial charge in [0.15, 0.2) is 0 Å². The Bertz CT molecular complexity index is 836. The van der Waals surface area contributed by atoms with Crippen LogP contribution in [0.15, 0.2) is 24.5 Å². The van der Waals surface area contributed by atoms with Gasteiger partial charge in [-0.25, -0.2) is 0 Å². The highest BCUT2D eigenvalue weighted by molar-refractivity contribution is 5.96. The van der Waals surface area contributed by atoms with E-state index in [9.17, 15) is 0 Å². The van der Waals surface area contributed by atoms with Crippen LogP contribution in [0.5, 0.6) is 0 Å². The van der Waals surface area contributed by atoms with E-state index in [4.69, 9.17) is 0 Å². The fraction of sp³-hybridized carbons (Fsp3) is 0.652. The lowest BCUT2D eigenvalue weighted by Gasteiger charge is -2.45. The maximum atomic E-state index is 4.66. The summed E-state index contributed by atoms with van der Waals surface area (Å²) in [4.78, 5) is 14.5. The molecule has 156 valence electrons. The number of hydrogen-bond acceptors (Lipinski definition) is 6. The molecule has 0 bridgehead atoms. The van der Waals surface area contributed by atoms with Gasteiger partial charge < -0.3 is 20.4 Å². The lowest BCUT2D eigenvalue weighted by molar-refractivity contribution is 0.0669. The van der Waals surface area contributed by atoms with Gasteiger partial charge in [-0.1, -0.05) is 0 Å². The molecule has 1 spiro atoms. The molecule has 0 aliphatic carbocycles. The molecule has 1 atom stereocenters. The van der Waals surface area contributed by atoms with Gasteiger partial charge in [0.25, 0.3) is 0 Å². The van der Waals surface area contributed by atoms with Crippen molar-refractivity contribution in [2.75, 3.05) is 63.1 Å². The van der Waals surface area contributed by atoms with Crippen LogP contribution < -0.4 is 15.5 Å². The van der Waals surface area contributed by atoms with Crippen LogP contribution in [0.25, 0.3) is 11.0 Å². The molecule has 4 heterocycles. The van der Waals surface area contributed by atoms with Crippen LogP contribution in [0.2, 0.25) is 0 Å². The third-order valence-corrected chi connectivity index (χ3v) is 7.60. The summed E-state index contributed by atoms with van der Waals surface area (Å²) in [6, 6.07) is 4.36. The Kier molecular flexibility index (Phi) is 5.31. The Hall–Kier alpha value is -1.92. The summed E-state index contributed by atoms with van der Waals surface area (Å²) in [5.74, 6) is 0.757. The first-order valence-electron chi connectivity index (χ1n) is 11.4. The van der Waals surface area contributed by atoms with Crippen LogP contribution in [-0.4, -0.2) is 67.7 Å². The van der Waals surface area contributed by atoms with Gasteiger partial charge in [-0.05, 0) is 81.7 Å². The van der Waals surface area contributed by atoms with Crippen molar-refractivity contribution in [2.24, 2.45) is 11.3 Å². The summed E-state index contributed by atoms with van der Waals surface area (Å²) in [7, 11) is 1.95. The second kappa shape index (κ2) is 8.07. The fourth-order valence-electron chi connectivity index (χ4n) is 5.73. The molecule has 6 nitrogen and oxygen atoms in total. The first-order valence-corrected chi connectivity index (χ1v) is 11.4. The van der Waals surface area contributed by atoms with Crippen molar-refractivity contribution < 1.29 is 0 Å². The number of benzene rings is 1. The monoisotopic (exact) mass is 394 g/mol. The van der Waals surface area contributed by atoms with Crippen molar-refractivity contribution in [1.29, 1.82) is 0 Å². The molecule has 0 radical (unpaired) electrons. The van der Waals surface area contributed by atoms with E-state index in [0.29, 0.717) is 5.41 Å². The molecule has 3 fully saturated rings. The Morgan fingerprint density at radius 1 is 1.03 bits per heavy atom. The number of likely N-dealkylation sites (tertiary alicyclic amines) is 1. The van der Waals surface area contributed by atoms with Crippen LogP contribution in [-0.2, 0) is 0 Å². The van der Waals surface area contributed by atoms with Crippen molar-refractivity contribution in [3.63, 3.8) is 0 Å². The average molecular weight is 395 g/mol. The normalized spacial score (nSPS) is 25.0. The number of nitrogens with zero attached hydrogens (tertiary/aromatic N) is 4. The molecule has 2 aromatic rings. The highest BCUT2D eigenvalue weighted by Crippen LogP contribution is 2.40. The molecule has 0 saturated carbocycles. The van der Waals surface area contributed by atoms with Gasteiger partial charge >= 0.3 is 0 Å². The highest BCUT2D eigenvalue weighted by atomic mass is 15.2. The molecule has 6 heteroatoms. The second-order valence-electron chi connectivity index (χ2n) is 9.29. The summed E-state index contributed by atoms with van der Waals surface area (Å²) in [6.45, 7) is 8.54. The largest absolute Gasteiger partial charge is 0.386 e. The average Bonchev–Trinajstić information content (AvgIpc) is 3.23. The van der Waals surface area contributed by atoms with E-state index < -0.39 is 0 Å². The zero-order chi connectivity index (χ0) is 19.7. The molecule has 5 rings (SSSR count). The Balaban J connectivity index is 1.22. The molecular formula is C23H34N6. The predicted octanol–water partition coefficient (Wildman–Crippen LogP) is 2.96. The molecule has 1 aromatic carbocycles. The number of hydrogen-bond donors (Lipinski definition) is 2. The van der Waals surface area contributed by atoms with Gasteiger partial charge in [0.05, 0.1) is 11.4 Å². The Labute approximate surface area is 174 Å². The zero-order valence-electron chi connectivity index (χ0n) is 17.7. The predicted molar refractivity (Wildman–Crippen MR) is 120 cm³/mol. The molecule has 1 unspecified atom stereocenters. The van der Waals surface area contributed by atoms with Crippen LogP contribution in [0, 0.1) is 11.3 Å². The van der Waals surface area contributed by atoms with Gasteiger partial charge in [0.1, 0.15) is 11.0 Å². The molecule has 3 aliphatic heterocycles. The summed E-state index contributed by atoms with van der Waals surface area (Å²) < 4.78 is 0. The lowest BCUT2D eigenvalue weighted by Crippen LogP contribution is -2.46. The topological polar surface area (TPSA) is 56.3 Å². The van der Waals surface area contributed by atoms with E-state index in [1.54, 1.807) is 6.20 Å². The molecule has 1 aromatic heterocycles. The molecule has 29 heavy (non-hydrogen) atoms. The number of anilines is 2. The summed E-state index contributed by atoms with van der Waals surface area (Å²) in [6.07, 6.45) is 10.4. The maximum absolute atomic E-state index is 4.66. The quantitative estimate of drug-likeness (QED) is 0.832. The van der Waals surface area contributed by atoms with Crippen molar-refractivity contribution in [3.05, 3.63) is 24.5 Å².